The van der Waals surface area contributed by atoms with Crippen LogP contribution < -0.4 is 20.7 Å². The van der Waals surface area contributed by atoms with Gasteiger partial charge in [-0.3, -0.25) is 19.2 Å². The van der Waals surface area contributed by atoms with Gasteiger partial charge in [-0.25, -0.2) is 0 Å². The van der Waals surface area contributed by atoms with Crippen molar-refractivity contribution < 1.29 is 28.7 Å². The van der Waals surface area contributed by atoms with Gasteiger partial charge in [-0.05, 0) is 61.4 Å². The fraction of sp³-hybridized carbons (Fsp3) is 0.500. The fourth-order valence-corrected chi connectivity index (χ4v) is 5.29. The summed E-state index contributed by atoms with van der Waals surface area (Å²) in [6.07, 6.45) is 2.42. The van der Waals surface area contributed by atoms with Crippen LogP contribution in [0.1, 0.15) is 55.7 Å². The molecule has 4 amide bonds. The lowest BCUT2D eigenvalue weighted by Crippen LogP contribution is -2.53. The molecular weight excluding hydrogens is 536 g/mol. The minimum absolute atomic E-state index is 0.0103. The van der Waals surface area contributed by atoms with Gasteiger partial charge < -0.3 is 30.3 Å². The van der Waals surface area contributed by atoms with Crippen LogP contribution in [0.4, 0.5) is 0 Å². The summed E-state index contributed by atoms with van der Waals surface area (Å²) in [5.74, 6) is -0.430. The van der Waals surface area contributed by atoms with Crippen LogP contribution in [0.5, 0.6) is 5.75 Å². The Balaban J connectivity index is 1.55. The second-order valence-corrected chi connectivity index (χ2v) is 11.0. The van der Waals surface area contributed by atoms with E-state index in [0.29, 0.717) is 57.7 Å². The van der Waals surface area contributed by atoms with Crippen LogP contribution in [0.15, 0.2) is 48.5 Å². The number of nitrogens with zero attached hydrogens (tertiary/aromatic N) is 1. The third-order valence-electron chi connectivity index (χ3n) is 7.75. The van der Waals surface area contributed by atoms with Gasteiger partial charge in [0.2, 0.25) is 23.6 Å². The van der Waals surface area contributed by atoms with Crippen LogP contribution in [0.25, 0.3) is 0 Å². The minimum atomic E-state index is -0.860. The van der Waals surface area contributed by atoms with Crippen molar-refractivity contribution in [1.29, 1.82) is 0 Å². The number of carbonyl (C=O) groups excluding carboxylic acids is 4. The molecule has 0 aliphatic carbocycles. The van der Waals surface area contributed by atoms with Crippen LogP contribution in [-0.2, 0) is 36.9 Å². The lowest BCUT2D eigenvalue weighted by atomic mass is 10.0. The quantitative estimate of drug-likeness (QED) is 0.512. The minimum Gasteiger partial charge on any atom is -0.493 e. The Hall–Kier alpha value is -3.92. The van der Waals surface area contributed by atoms with Crippen molar-refractivity contribution in [1.82, 2.24) is 20.9 Å². The van der Waals surface area contributed by atoms with E-state index >= 15 is 0 Å². The highest BCUT2D eigenvalue weighted by Crippen LogP contribution is 2.19. The molecule has 0 spiro atoms. The average molecular weight is 579 g/mol. The standard InChI is InChI=1S/C32H42N4O6/c1-22-11-13-26-19-25(22)20-33-31(39)29(14-12-24-7-4-3-5-8-24)35-32(40)28(34-23(2)37)9-6-10-30(38)36-16-18-42-27(21-36)15-17-41-26/h3-5,7-8,11,13,19,27-29H,6,9-10,12,14-18,20-21H2,1-2H3,(H,33,39)(H,34,37)(H,35,40)/t27?,28-,29-/m0/s1. The lowest BCUT2D eigenvalue weighted by Gasteiger charge is -2.33. The van der Waals surface area contributed by atoms with Crippen LogP contribution in [-0.4, -0.2) is 73.0 Å². The van der Waals surface area contributed by atoms with Crippen molar-refractivity contribution in [3.05, 3.63) is 65.2 Å². The number of hydrogen-bond donors (Lipinski definition) is 3. The first-order chi connectivity index (χ1) is 20.3. The summed E-state index contributed by atoms with van der Waals surface area (Å²) in [6, 6.07) is 13.8. The molecule has 0 radical (unpaired) electrons. The third-order valence-corrected chi connectivity index (χ3v) is 7.75. The van der Waals surface area contributed by atoms with Crippen molar-refractivity contribution in [3.63, 3.8) is 0 Å². The summed E-state index contributed by atoms with van der Waals surface area (Å²) in [6.45, 7) is 5.51. The Kier molecular flexibility index (Phi) is 11.3. The number of hydrogen-bond acceptors (Lipinski definition) is 6. The van der Waals surface area contributed by atoms with Crippen molar-refractivity contribution in [2.45, 2.75) is 77.1 Å². The molecular formula is C32H42N4O6. The molecule has 2 aliphatic heterocycles. The van der Waals surface area contributed by atoms with Gasteiger partial charge in [-0.2, -0.15) is 0 Å². The number of ether oxygens (including phenoxy) is 2. The van der Waals surface area contributed by atoms with Crippen LogP contribution >= 0.6 is 0 Å². The summed E-state index contributed by atoms with van der Waals surface area (Å²) in [5.41, 5.74) is 2.96. The van der Waals surface area contributed by atoms with E-state index in [0.717, 1.165) is 16.7 Å². The summed E-state index contributed by atoms with van der Waals surface area (Å²) in [7, 11) is 0. The van der Waals surface area contributed by atoms with Gasteiger partial charge in [0.15, 0.2) is 0 Å². The van der Waals surface area contributed by atoms with Crippen molar-refractivity contribution in [3.8, 4) is 5.75 Å². The molecule has 1 fully saturated rings. The van der Waals surface area contributed by atoms with Gasteiger partial charge in [0.1, 0.15) is 17.8 Å². The number of nitrogens with one attached hydrogen (secondary N) is 3. The van der Waals surface area contributed by atoms with E-state index in [-0.39, 0.29) is 43.2 Å². The van der Waals surface area contributed by atoms with Crippen LogP contribution in [0.2, 0.25) is 0 Å². The Morgan fingerprint density at radius 2 is 1.86 bits per heavy atom. The number of aryl methyl sites for hydroxylation is 2. The molecule has 3 N–H and O–H groups in total. The SMILES string of the molecule is CC(=O)N[C@H]1CCCC(=O)N2CCOC(CCOc3ccc(C)c(c3)CNC(=O)[C@H](CCc3ccccc3)NC1=O)C2. The molecule has 1 unspecified atom stereocenters. The normalized spacial score (nSPS) is 22.8. The Morgan fingerprint density at radius 3 is 2.64 bits per heavy atom. The number of amides is 4. The maximum absolute atomic E-state index is 13.4. The second kappa shape index (κ2) is 15.3. The summed E-state index contributed by atoms with van der Waals surface area (Å²) < 4.78 is 11.9. The largest absolute Gasteiger partial charge is 0.493 e. The average Bonchev–Trinajstić information content (AvgIpc) is 2.98. The molecule has 4 rings (SSSR count). The zero-order chi connectivity index (χ0) is 29.9. The molecule has 4 bridgehead atoms. The van der Waals surface area contributed by atoms with Gasteiger partial charge in [0.25, 0.3) is 0 Å². The third kappa shape index (κ3) is 9.30. The van der Waals surface area contributed by atoms with E-state index in [9.17, 15) is 19.2 Å². The van der Waals surface area contributed by atoms with Gasteiger partial charge >= 0.3 is 0 Å². The molecule has 10 nitrogen and oxygen atoms in total. The number of benzene rings is 2. The zero-order valence-electron chi connectivity index (χ0n) is 24.5. The molecule has 10 heteroatoms. The molecule has 0 aromatic heterocycles. The maximum atomic E-state index is 13.4. The van der Waals surface area contributed by atoms with Gasteiger partial charge in [0.05, 0.1) is 19.3 Å². The van der Waals surface area contributed by atoms with Crippen molar-refractivity contribution in [2.24, 2.45) is 0 Å². The summed E-state index contributed by atoms with van der Waals surface area (Å²) in [5, 5.41) is 8.57. The van der Waals surface area contributed by atoms with Crippen molar-refractivity contribution in [2.75, 3.05) is 26.3 Å². The van der Waals surface area contributed by atoms with E-state index in [1.165, 1.54) is 6.92 Å². The predicted molar refractivity (Wildman–Crippen MR) is 158 cm³/mol. The molecule has 226 valence electrons. The molecule has 2 aliphatic rings. The van der Waals surface area contributed by atoms with Crippen LogP contribution in [0, 0.1) is 6.92 Å². The van der Waals surface area contributed by atoms with E-state index in [4.69, 9.17) is 9.47 Å². The highest BCUT2D eigenvalue weighted by atomic mass is 16.5. The molecule has 2 aromatic rings. The predicted octanol–water partition coefficient (Wildman–Crippen LogP) is 2.41. The Bertz CT molecular complexity index is 1240. The first-order valence-electron chi connectivity index (χ1n) is 14.8. The number of morpholine rings is 1. The molecule has 42 heavy (non-hydrogen) atoms. The van der Waals surface area contributed by atoms with E-state index in [2.05, 4.69) is 16.0 Å². The second-order valence-electron chi connectivity index (χ2n) is 11.0. The number of carbonyl (C=O) groups is 4. The Labute approximate surface area is 247 Å². The highest BCUT2D eigenvalue weighted by molar-refractivity contribution is 5.91. The smallest absolute Gasteiger partial charge is 0.243 e. The zero-order valence-corrected chi connectivity index (χ0v) is 24.5. The molecule has 3 atom stereocenters. The van der Waals surface area contributed by atoms with E-state index < -0.39 is 18.0 Å². The first-order valence-corrected chi connectivity index (χ1v) is 14.8. The molecule has 0 saturated carbocycles. The fourth-order valence-electron chi connectivity index (χ4n) is 5.29. The monoisotopic (exact) mass is 578 g/mol. The van der Waals surface area contributed by atoms with Gasteiger partial charge in [-0.15, -0.1) is 0 Å². The first kappa shape index (κ1) is 31.0. The Morgan fingerprint density at radius 1 is 1.05 bits per heavy atom. The maximum Gasteiger partial charge on any atom is 0.243 e. The van der Waals surface area contributed by atoms with Crippen molar-refractivity contribution >= 4 is 23.6 Å². The summed E-state index contributed by atoms with van der Waals surface area (Å²) >= 11 is 0. The topological polar surface area (TPSA) is 126 Å². The number of rotatable bonds is 4. The highest BCUT2D eigenvalue weighted by Gasteiger charge is 2.28. The molecule has 1 saturated heterocycles. The van der Waals surface area contributed by atoms with E-state index in [1.807, 2.05) is 55.5 Å². The molecule has 2 heterocycles. The molecule has 2 aromatic carbocycles. The van der Waals surface area contributed by atoms with Gasteiger partial charge in [-0.1, -0.05) is 36.4 Å². The summed E-state index contributed by atoms with van der Waals surface area (Å²) in [4.78, 5) is 53.6. The van der Waals surface area contributed by atoms with Gasteiger partial charge in [0, 0.05) is 39.4 Å². The number of fused-ring (bicyclic) bond motifs is 4. The lowest BCUT2D eigenvalue weighted by molar-refractivity contribution is -0.139. The van der Waals surface area contributed by atoms with E-state index in [1.54, 1.807) is 4.90 Å². The van der Waals surface area contributed by atoms with Crippen LogP contribution in [0.3, 0.4) is 0 Å².